The van der Waals surface area contributed by atoms with Crippen LogP contribution in [0.4, 0.5) is 0 Å². The second-order valence-electron chi connectivity index (χ2n) is 6.06. The van der Waals surface area contributed by atoms with Crippen molar-refractivity contribution < 1.29 is 14.6 Å². The van der Waals surface area contributed by atoms with Crippen LogP contribution in [0.1, 0.15) is 23.1 Å². The molecule has 0 spiro atoms. The standard InChI is InChI=1S/C21H17NO3/c22-13-18(16-6-5-14-3-1-2-4-15(14)11-16)21(23)17-7-8-19-20(12-17)25-10-9-24-19/h1-8,11-12,18,21,23H,9-10H2. The molecule has 1 heterocycles. The lowest BCUT2D eigenvalue weighted by molar-refractivity contribution is 0.157. The van der Waals surface area contributed by atoms with Gasteiger partial charge in [0.05, 0.1) is 12.2 Å². The van der Waals surface area contributed by atoms with Gasteiger partial charge in [-0.3, -0.25) is 0 Å². The smallest absolute Gasteiger partial charge is 0.161 e. The molecule has 1 aliphatic heterocycles. The molecule has 3 aromatic rings. The quantitative estimate of drug-likeness (QED) is 0.789. The lowest BCUT2D eigenvalue weighted by Crippen LogP contribution is -2.16. The van der Waals surface area contributed by atoms with Crippen LogP contribution in [-0.2, 0) is 0 Å². The molecule has 0 bridgehead atoms. The molecule has 1 aliphatic rings. The van der Waals surface area contributed by atoms with Gasteiger partial charge in [0.1, 0.15) is 19.1 Å². The van der Waals surface area contributed by atoms with Crippen molar-refractivity contribution >= 4 is 10.8 Å². The first kappa shape index (κ1) is 15.5. The number of aliphatic hydroxyl groups is 1. The average molecular weight is 331 g/mol. The van der Waals surface area contributed by atoms with E-state index in [1.54, 1.807) is 18.2 Å². The van der Waals surface area contributed by atoms with Crippen LogP contribution in [0.2, 0.25) is 0 Å². The monoisotopic (exact) mass is 331 g/mol. The van der Waals surface area contributed by atoms with Crippen LogP contribution in [0.5, 0.6) is 11.5 Å². The van der Waals surface area contributed by atoms with E-state index >= 15 is 0 Å². The van der Waals surface area contributed by atoms with Crippen LogP contribution < -0.4 is 9.47 Å². The predicted molar refractivity (Wildman–Crippen MR) is 94.7 cm³/mol. The van der Waals surface area contributed by atoms with Crippen molar-refractivity contribution in [2.75, 3.05) is 13.2 Å². The fourth-order valence-corrected chi connectivity index (χ4v) is 3.17. The first-order valence-electron chi connectivity index (χ1n) is 8.22. The van der Waals surface area contributed by atoms with Crippen LogP contribution in [0.3, 0.4) is 0 Å². The van der Waals surface area contributed by atoms with Crippen LogP contribution in [0, 0.1) is 11.3 Å². The number of hydrogen-bond donors (Lipinski definition) is 1. The Balaban J connectivity index is 1.68. The third-order valence-electron chi connectivity index (χ3n) is 4.50. The molecule has 4 rings (SSSR count). The van der Waals surface area contributed by atoms with Gasteiger partial charge < -0.3 is 14.6 Å². The summed E-state index contributed by atoms with van der Waals surface area (Å²) in [4.78, 5) is 0. The maximum atomic E-state index is 10.8. The number of benzene rings is 3. The normalized spacial score (nSPS) is 15.4. The molecule has 1 N–H and O–H groups in total. The second-order valence-corrected chi connectivity index (χ2v) is 6.06. The summed E-state index contributed by atoms with van der Waals surface area (Å²) < 4.78 is 11.1. The van der Waals surface area contributed by atoms with Crippen LogP contribution in [0.25, 0.3) is 10.8 Å². The number of nitrogens with zero attached hydrogens (tertiary/aromatic N) is 1. The Morgan fingerprint density at radius 3 is 2.36 bits per heavy atom. The van der Waals surface area contributed by atoms with Gasteiger partial charge in [0.25, 0.3) is 0 Å². The van der Waals surface area contributed by atoms with Crippen molar-refractivity contribution in [2.45, 2.75) is 12.0 Å². The molecule has 0 fully saturated rings. The number of ether oxygens (including phenoxy) is 2. The van der Waals surface area contributed by atoms with Gasteiger partial charge in [0.2, 0.25) is 0 Å². The lowest BCUT2D eigenvalue weighted by atomic mass is 9.89. The summed E-state index contributed by atoms with van der Waals surface area (Å²) in [5.74, 6) is 0.617. The van der Waals surface area contributed by atoms with E-state index in [2.05, 4.69) is 6.07 Å². The number of nitriles is 1. The molecule has 2 unspecified atom stereocenters. The highest BCUT2D eigenvalue weighted by Gasteiger charge is 2.24. The van der Waals surface area contributed by atoms with Crippen molar-refractivity contribution in [3.05, 3.63) is 71.8 Å². The van der Waals surface area contributed by atoms with Gasteiger partial charge in [-0.05, 0) is 40.1 Å². The summed E-state index contributed by atoms with van der Waals surface area (Å²) in [5.41, 5.74) is 1.44. The zero-order valence-corrected chi connectivity index (χ0v) is 13.6. The van der Waals surface area contributed by atoms with Crippen molar-refractivity contribution in [1.29, 1.82) is 5.26 Å². The maximum Gasteiger partial charge on any atom is 0.161 e. The van der Waals surface area contributed by atoms with Crippen molar-refractivity contribution in [3.63, 3.8) is 0 Å². The van der Waals surface area contributed by atoms with Crippen LogP contribution in [-0.4, -0.2) is 18.3 Å². The van der Waals surface area contributed by atoms with E-state index in [4.69, 9.17) is 9.47 Å². The van der Waals surface area contributed by atoms with Gasteiger partial charge in [0.15, 0.2) is 11.5 Å². The molecular formula is C21H17NO3. The molecule has 0 radical (unpaired) electrons. The molecule has 3 aromatic carbocycles. The van der Waals surface area contributed by atoms with Gasteiger partial charge in [-0.2, -0.15) is 5.26 Å². The van der Waals surface area contributed by atoms with Crippen LogP contribution >= 0.6 is 0 Å². The van der Waals surface area contributed by atoms with Crippen molar-refractivity contribution in [1.82, 2.24) is 0 Å². The molecule has 4 nitrogen and oxygen atoms in total. The topological polar surface area (TPSA) is 62.5 Å². The average Bonchev–Trinajstić information content (AvgIpc) is 2.68. The second kappa shape index (κ2) is 6.46. The van der Waals surface area contributed by atoms with E-state index in [0.29, 0.717) is 30.3 Å². The molecule has 0 saturated carbocycles. The van der Waals surface area contributed by atoms with Gasteiger partial charge >= 0.3 is 0 Å². The third kappa shape index (κ3) is 2.90. The Morgan fingerprint density at radius 1 is 0.840 bits per heavy atom. The summed E-state index contributed by atoms with van der Waals surface area (Å²) in [6.45, 7) is 1.01. The first-order valence-corrected chi connectivity index (χ1v) is 8.22. The summed E-state index contributed by atoms with van der Waals surface area (Å²) in [6, 6.07) is 21.4. The van der Waals surface area contributed by atoms with E-state index in [0.717, 1.165) is 16.3 Å². The van der Waals surface area contributed by atoms with Crippen LogP contribution in [0.15, 0.2) is 60.7 Å². The zero-order valence-electron chi connectivity index (χ0n) is 13.6. The Morgan fingerprint density at radius 2 is 1.56 bits per heavy atom. The van der Waals surface area contributed by atoms with E-state index in [-0.39, 0.29) is 0 Å². The Hall–Kier alpha value is -3.03. The van der Waals surface area contributed by atoms with Crippen molar-refractivity contribution in [2.24, 2.45) is 0 Å². The molecule has 4 heteroatoms. The molecule has 0 aliphatic carbocycles. The van der Waals surface area contributed by atoms with Gasteiger partial charge in [-0.25, -0.2) is 0 Å². The Bertz CT molecular complexity index is 961. The fraction of sp³-hybridized carbons (Fsp3) is 0.190. The third-order valence-corrected chi connectivity index (χ3v) is 4.50. The highest BCUT2D eigenvalue weighted by Crippen LogP contribution is 2.37. The van der Waals surface area contributed by atoms with Crippen molar-refractivity contribution in [3.8, 4) is 17.6 Å². The Labute approximate surface area is 145 Å². The first-order chi connectivity index (χ1) is 12.3. The van der Waals surface area contributed by atoms with Gasteiger partial charge in [0, 0.05) is 0 Å². The zero-order chi connectivity index (χ0) is 17.2. The minimum absolute atomic E-state index is 0.485. The minimum Gasteiger partial charge on any atom is -0.486 e. The molecule has 0 amide bonds. The van der Waals surface area contributed by atoms with E-state index < -0.39 is 12.0 Å². The Kier molecular flexibility index (Phi) is 4.01. The minimum atomic E-state index is -0.943. The van der Waals surface area contributed by atoms with E-state index in [1.807, 2.05) is 42.5 Å². The fourth-order valence-electron chi connectivity index (χ4n) is 3.17. The number of fused-ring (bicyclic) bond motifs is 2. The molecule has 2 atom stereocenters. The molecule has 124 valence electrons. The summed E-state index contributed by atoms with van der Waals surface area (Å²) in [5, 5.41) is 22.6. The lowest BCUT2D eigenvalue weighted by Gasteiger charge is -2.22. The number of hydrogen-bond acceptors (Lipinski definition) is 4. The summed E-state index contributed by atoms with van der Waals surface area (Å²) in [6.07, 6.45) is -0.943. The van der Waals surface area contributed by atoms with Gasteiger partial charge in [-0.15, -0.1) is 0 Å². The van der Waals surface area contributed by atoms with E-state index in [1.165, 1.54) is 0 Å². The van der Waals surface area contributed by atoms with E-state index in [9.17, 15) is 10.4 Å². The number of aliphatic hydroxyl groups excluding tert-OH is 1. The molecule has 0 saturated heterocycles. The SMILES string of the molecule is N#CC(c1ccc2ccccc2c1)C(O)c1ccc2c(c1)OCCO2. The predicted octanol–water partition coefficient (Wildman–Crippen LogP) is 3.95. The largest absolute Gasteiger partial charge is 0.486 e. The summed E-state index contributed by atoms with van der Waals surface area (Å²) in [7, 11) is 0. The highest BCUT2D eigenvalue weighted by molar-refractivity contribution is 5.83. The molecule has 0 aromatic heterocycles. The van der Waals surface area contributed by atoms with Gasteiger partial charge in [-0.1, -0.05) is 42.5 Å². The highest BCUT2D eigenvalue weighted by atomic mass is 16.6. The molecule has 25 heavy (non-hydrogen) atoms. The number of rotatable bonds is 3. The summed E-state index contributed by atoms with van der Waals surface area (Å²) >= 11 is 0. The maximum absolute atomic E-state index is 10.8. The molecular weight excluding hydrogens is 314 g/mol.